The van der Waals surface area contributed by atoms with Gasteiger partial charge in [0, 0.05) is 19.2 Å². The van der Waals surface area contributed by atoms with Crippen LogP contribution in [0.2, 0.25) is 5.15 Å². The van der Waals surface area contributed by atoms with Crippen LogP contribution in [0.4, 0.5) is 5.95 Å². The predicted molar refractivity (Wildman–Crippen MR) is 50.1 cm³/mol. The molecular formula is C8H10ClN3O. The molecule has 5 heteroatoms. The summed E-state index contributed by atoms with van der Waals surface area (Å²) >= 11 is 5.65. The van der Waals surface area contributed by atoms with Crippen LogP contribution in [0.1, 0.15) is 11.0 Å². The van der Waals surface area contributed by atoms with Gasteiger partial charge in [-0.1, -0.05) is 11.6 Å². The molecule has 1 aliphatic heterocycles. The Bertz CT molecular complexity index is 542. The van der Waals surface area contributed by atoms with Crippen molar-refractivity contribution in [3.63, 3.8) is 0 Å². The van der Waals surface area contributed by atoms with E-state index in [4.69, 9.17) is 22.6 Å². The van der Waals surface area contributed by atoms with Gasteiger partial charge in [0.1, 0.15) is 5.15 Å². The van der Waals surface area contributed by atoms with Crippen molar-refractivity contribution < 1.29 is 15.7 Å². The van der Waals surface area contributed by atoms with Gasteiger partial charge in [0.25, 0.3) is 0 Å². The maximum absolute atomic E-state index is 7.79. The average Bonchev–Trinajstić information content (AvgIpc) is 2.24. The molecule has 1 saturated heterocycles. The molecule has 0 amide bonds. The largest absolute Gasteiger partial charge is 0.378 e. The van der Waals surface area contributed by atoms with Crippen molar-refractivity contribution in [3.8, 4) is 0 Å². The van der Waals surface area contributed by atoms with E-state index in [0.717, 1.165) is 6.20 Å². The summed E-state index contributed by atoms with van der Waals surface area (Å²) in [4.78, 5) is 7.44. The van der Waals surface area contributed by atoms with Crippen LogP contribution in [0.5, 0.6) is 0 Å². The third-order valence-electron chi connectivity index (χ3n) is 1.23. The molecule has 1 aromatic rings. The van der Waals surface area contributed by atoms with Crippen LogP contribution in [0, 0.1) is 0 Å². The van der Waals surface area contributed by atoms with Crippen molar-refractivity contribution >= 4 is 17.5 Å². The number of morpholine rings is 1. The molecule has 0 N–H and O–H groups in total. The van der Waals surface area contributed by atoms with Crippen LogP contribution < -0.4 is 4.90 Å². The van der Waals surface area contributed by atoms with E-state index in [-0.39, 0.29) is 10.1 Å². The quantitative estimate of drug-likeness (QED) is 0.644. The molecule has 2 heterocycles. The molecule has 0 aliphatic carbocycles. The first-order valence-corrected chi connectivity index (χ1v) is 3.70. The highest BCUT2D eigenvalue weighted by Crippen LogP contribution is 2.11. The zero-order chi connectivity index (χ0) is 16.3. The fraction of sp³-hybridized carbons (Fsp3) is 0.500. The first-order chi connectivity index (χ1) is 9.33. The Morgan fingerprint density at radius 3 is 3.00 bits per heavy atom. The van der Waals surface area contributed by atoms with Gasteiger partial charge in [-0.15, -0.1) is 0 Å². The van der Waals surface area contributed by atoms with Crippen molar-refractivity contribution in [3.05, 3.63) is 17.4 Å². The molecule has 0 radical (unpaired) electrons. The molecule has 70 valence electrons. The van der Waals surface area contributed by atoms with Crippen LogP contribution in [0.25, 0.3) is 0 Å². The highest BCUT2D eigenvalue weighted by atomic mass is 35.5. The van der Waals surface area contributed by atoms with Gasteiger partial charge in [0.15, 0.2) is 0 Å². The SMILES string of the molecule is [2H]C1([2H])OC([2H])([2H])C([2H])([2H])N(c2nccc(Cl)n2)C1([2H])[2H]. The minimum absolute atomic E-state index is 0.126. The molecule has 0 spiro atoms. The third-order valence-corrected chi connectivity index (χ3v) is 1.44. The minimum Gasteiger partial charge on any atom is -0.378 e. The maximum Gasteiger partial charge on any atom is 0.226 e. The van der Waals surface area contributed by atoms with Crippen molar-refractivity contribution in [2.45, 2.75) is 0 Å². The Kier molecular flexibility index (Phi) is 1.01. The van der Waals surface area contributed by atoms with E-state index in [0.29, 0.717) is 0 Å². The molecule has 0 bridgehead atoms. The first kappa shape index (κ1) is 3.37. The lowest BCUT2D eigenvalue weighted by atomic mass is 10.4. The van der Waals surface area contributed by atoms with Crippen molar-refractivity contribution in [1.29, 1.82) is 0 Å². The van der Waals surface area contributed by atoms with Crippen LogP contribution in [0.3, 0.4) is 0 Å². The monoisotopic (exact) mass is 207 g/mol. The van der Waals surface area contributed by atoms with Crippen molar-refractivity contribution in [2.24, 2.45) is 0 Å². The van der Waals surface area contributed by atoms with E-state index in [9.17, 15) is 0 Å². The molecule has 0 aromatic carbocycles. The molecule has 4 nitrogen and oxygen atoms in total. The number of aromatic nitrogens is 2. The molecule has 13 heavy (non-hydrogen) atoms. The lowest BCUT2D eigenvalue weighted by molar-refractivity contribution is 0.122. The lowest BCUT2D eigenvalue weighted by Gasteiger charge is -2.26. The summed E-state index contributed by atoms with van der Waals surface area (Å²) in [6, 6.07) is 1.26. The fourth-order valence-corrected chi connectivity index (χ4v) is 0.857. The van der Waals surface area contributed by atoms with E-state index < -0.39 is 32.1 Å². The number of hydrogen-bond acceptors (Lipinski definition) is 4. The van der Waals surface area contributed by atoms with Gasteiger partial charge in [-0.2, -0.15) is 0 Å². The number of anilines is 1. The van der Waals surface area contributed by atoms with Gasteiger partial charge in [-0.05, 0) is 6.07 Å². The topological polar surface area (TPSA) is 38.2 Å². The summed E-state index contributed by atoms with van der Waals surface area (Å²) < 4.78 is 65.6. The number of rotatable bonds is 1. The van der Waals surface area contributed by atoms with E-state index in [1.807, 2.05) is 0 Å². The highest BCUT2D eigenvalue weighted by molar-refractivity contribution is 6.29. The van der Waals surface area contributed by atoms with Gasteiger partial charge in [0.05, 0.1) is 24.1 Å². The maximum atomic E-state index is 7.79. The van der Waals surface area contributed by atoms with Crippen molar-refractivity contribution in [1.82, 2.24) is 9.97 Å². The second kappa shape index (κ2) is 3.89. The molecule has 1 aromatic heterocycles. The van der Waals surface area contributed by atoms with Crippen LogP contribution in [0.15, 0.2) is 12.3 Å². The summed E-state index contributed by atoms with van der Waals surface area (Å²) in [7, 11) is 0. The number of halogens is 1. The fourth-order valence-electron chi connectivity index (χ4n) is 0.725. The number of hydrogen-bond donors (Lipinski definition) is 0. The highest BCUT2D eigenvalue weighted by Gasteiger charge is 2.13. The van der Waals surface area contributed by atoms with Crippen molar-refractivity contribution in [2.75, 3.05) is 31.0 Å². The Balaban J connectivity index is 2.67. The van der Waals surface area contributed by atoms with Gasteiger partial charge in [0.2, 0.25) is 5.95 Å². The number of nitrogens with zero attached hydrogens (tertiary/aromatic N) is 3. The molecule has 0 unspecified atom stereocenters. The first-order valence-electron chi connectivity index (χ1n) is 7.32. The Hall–Kier alpha value is -0.870. The van der Waals surface area contributed by atoms with E-state index in [1.165, 1.54) is 6.07 Å². The Morgan fingerprint density at radius 1 is 1.54 bits per heavy atom. The van der Waals surface area contributed by atoms with E-state index in [2.05, 4.69) is 14.7 Å². The zero-order valence-corrected chi connectivity index (χ0v) is 7.04. The summed E-state index contributed by atoms with van der Waals surface area (Å²) in [6.07, 6.45) is 1.12. The van der Waals surface area contributed by atoms with Crippen LogP contribution in [-0.4, -0.2) is 36.1 Å². The average molecular weight is 208 g/mol. The lowest BCUT2D eigenvalue weighted by Crippen LogP contribution is -2.37. The predicted octanol–water partition coefficient (Wildman–Crippen LogP) is 0.967. The second-order valence-electron chi connectivity index (χ2n) is 2.04. The van der Waals surface area contributed by atoms with Gasteiger partial charge < -0.3 is 9.64 Å². The number of ether oxygens (including phenoxy) is 1. The summed E-state index contributed by atoms with van der Waals surface area (Å²) in [6.45, 7) is -12.4. The standard InChI is InChI=1S/C8H10ClN3O/c9-7-1-2-10-8(11-7)12-3-5-13-6-4-12/h1-2H,3-6H2/i3D2,4D2,5D2,6D2. The molecular weight excluding hydrogens is 190 g/mol. The Morgan fingerprint density at radius 2 is 2.31 bits per heavy atom. The van der Waals surface area contributed by atoms with Crippen LogP contribution in [-0.2, 0) is 4.74 Å². The van der Waals surface area contributed by atoms with Gasteiger partial charge in [-0.3, -0.25) is 0 Å². The molecule has 0 saturated carbocycles. The Labute approximate surface area is 92.7 Å². The van der Waals surface area contributed by atoms with Gasteiger partial charge >= 0.3 is 0 Å². The minimum atomic E-state index is -3.15. The normalized spacial score (nSPS) is 42.1. The van der Waals surface area contributed by atoms with Gasteiger partial charge in [-0.25, -0.2) is 9.97 Å². The molecule has 2 rings (SSSR count). The molecule has 1 aliphatic rings. The summed E-state index contributed by atoms with van der Waals surface area (Å²) in [5.74, 6) is -0.589. The summed E-state index contributed by atoms with van der Waals surface area (Å²) in [5, 5.41) is -0.126. The second-order valence-corrected chi connectivity index (χ2v) is 2.43. The smallest absolute Gasteiger partial charge is 0.226 e. The zero-order valence-electron chi connectivity index (χ0n) is 14.3. The molecule has 1 fully saturated rings. The van der Waals surface area contributed by atoms with E-state index >= 15 is 0 Å². The summed E-state index contributed by atoms with van der Waals surface area (Å²) in [5.41, 5.74) is 0. The van der Waals surface area contributed by atoms with E-state index in [1.54, 1.807) is 0 Å². The van der Waals surface area contributed by atoms with Crippen LogP contribution >= 0.6 is 11.6 Å². The molecule has 0 atom stereocenters. The third kappa shape index (κ3) is 2.08.